The first-order valence-electron chi connectivity index (χ1n) is 4.42. The summed E-state index contributed by atoms with van der Waals surface area (Å²) in [5.41, 5.74) is 2.17. The Bertz CT molecular complexity index is 363. The number of rotatable bonds is 1. The van der Waals surface area contributed by atoms with E-state index in [1.54, 1.807) is 6.07 Å². The van der Waals surface area contributed by atoms with Crippen molar-refractivity contribution in [3.05, 3.63) is 53.6 Å². The van der Waals surface area contributed by atoms with E-state index in [1.165, 1.54) is 5.56 Å². The van der Waals surface area contributed by atoms with E-state index in [1.807, 2.05) is 31.2 Å². The fourth-order valence-corrected chi connectivity index (χ4v) is 1.58. The van der Waals surface area contributed by atoms with Crippen molar-refractivity contribution in [2.24, 2.45) is 0 Å². The van der Waals surface area contributed by atoms with Crippen molar-refractivity contribution in [1.82, 2.24) is 0 Å². The maximum Gasteiger partial charge on any atom is 0.119 e. The summed E-state index contributed by atoms with van der Waals surface area (Å²) in [6, 6.07) is 5.70. The molecule has 0 saturated carbocycles. The molecular formula is C12H12O. The first-order valence-corrected chi connectivity index (χ1v) is 4.42. The van der Waals surface area contributed by atoms with Gasteiger partial charge in [-0.05, 0) is 13.0 Å². The van der Waals surface area contributed by atoms with Crippen LogP contribution in [0.3, 0.4) is 0 Å². The minimum absolute atomic E-state index is 0.250. The highest BCUT2D eigenvalue weighted by Gasteiger charge is 2.11. The lowest BCUT2D eigenvalue weighted by Crippen LogP contribution is -1.90. The molecule has 2 rings (SSSR count). The Hall–Kier alpha value is -1.50. The molecule has 66 valence electrons. The van der Waals surface area contributed by atoms with Crippen LogP contribution in [-0.4, -0.2) is 5.11 Å². The Morgan fingerprint density at radius 3 is 2.54 bits per heavy atom. The molecule has 1 N–H and O–H groups in total. The zero-order valence-corrected chi connectivity index (χ0v) is 7.57. The highest BCUT2D eigenvalue weighted by molar-refractivity contribution is 5.44. The highest BCUT2D eigenvalue weighted by atomic mass is 16.3. The molecule has 1 nitrogen and oxygen atoms in total. The number of allylic oxidation sites excluding steroid dienone is 4. The second-order valence-corrected chi connectivity index (χ2v) is 3.36. The van der Waals surface area contributed by atoms with Crippen LogP contribution in [0.4, 0.5) is 0 Å². The van der Waals surface area contributed by atoms with Crippen LogP contribution in [0.2, 0.25) is 0 Å². The van der Waals surface area contributed by atoms with Gasteiger partial charge in [-0.2, -0.15) is 0 Å². The third-order valence-corrected chi connectivity index (χ3v) is 2.29. The van der Waals surface area contributed by atoms with Gasteiger partial charge in [-0.1, -0.05) is 42.0 Å². The molecule has 1 aliphatic rings. The second kappa shape index (κ2) is 3.09. The van der Waals surface area contributed by atoms with Gasteiger partial charge < -0.3 is 5.11 Å². The molecule has 1 aromatic carbocycles. The van der Waals surface area contributed by atoms with Crippen LogP contribution in [0, 0.1) is 6.92 Å². The van der Waals surface area contributed by atoms with Gasteiger partial charge in [-0.3, -0.25) is 0 Å². The van der Waals surface area contributed by atoms with Gasteiger partial charge >= 0.3 is 0 Å². The molecule has 0 radical (unpaired) electrons. The summed E-state index contributed by atoms with van der Waals surface area (Å²) in [4.78, 5) is 0. The molecule has 1 aliphatic carbocycles. The van der Waals surface area contributed by atoms with Crippen molar-refractivity contribution in [2.75, 3.05) is 0 Å². The van der Waals surface area contributed by atoms with Crippen LogP contribution < -0.4 is 0 Å². The van der Waals surface area contributed by atoms with Crippen molar-refractivity contribution < 1.29 is 5.11 Å². The first kappa shape index (κ1) is 8.11. The van der Waals surface area contributed by atoms with Crippen molar-refractivity contribution in [3.8, 4) is 5.75 Å². The van der Waals surface area contributed by atoms with Crippen LogP contribution in [0.5, 0.6) is 5.75 Å². The van der Waals surface area contributed by atoms with E-state index in [-0.39, 0.29) is 5.92 Å². The molecule has 0 heterocycles. The minimum Gasteiger partial charge on any atom is -0.508 e. The number of phenolic OH excluding ortho intramolecular Hbond substituents is 1. The normalized spacial score (nSPS) is 15.5. The number of benzene rings is 1. The zero-order chi connectivity index (χ0) is 9.26. The average molecular weight is 172 g/mol. The van der Waals surface area contributed by atoms with Crippen molar-refractivity contribution in [3.63, 3.8) is 0 Å². The molecule has 1 aromatic rings. The smallest absolute Gasteiger partial charge is 0.119 e. The molecule has 0 amide bonds. The van der Waals surface area contributed by atoms with Gasteiger partial charge in [0.05, 0.1) is 0 Å². The van der Waals surface area contributed by atoms with Gasteiger partial charge in [-0.15, -0.1) is 0 Å². The van der Waals surface area contributed by atoms with E-state index in [2.05, 4.69) is 12.2 Å². The predicted molar refractivity (Wildman–Crippen MR) is 53.9 cm³/mol. The molecule has 0 spiro atoms. The Balaban J connectivity index is 2.44. The molecule has 0 aromatic heterocycles. The average Bonchev–Trinajstić information content (AvgIpc) is 2.61. The SMILES string of the molecule is Cc1ccc(O)c(C2C=CC=C2)c1. The van der Waals surface area contributed by atoms with Gasteiger partial charge in [0.25, 0.3) is 0 Å². The quantitative estimate of drug-likeness (QED) is 0.690. The molecular weight excluding hydrogens is 160 g/mol. The van der Waals surface area contributed by atoms with Crippen LogP contribution in [-0.2, 0) is 0 Å². The predicted octanol–water partition coefficient (Wildman–Crippen LogP) is 2.91. The molecule has 0 bridgehead atoms. The number of hydrogen-bond acceptors (Lipinski definition) is 1. The van der Waals surface area contributed by atoms with Crippen LogP contribution in [0.1, 0.15) is 17.0 Å². The number of aromatic hydroxyl groups is 1. The fourth-order valence-electron chi connectivity index (χ4n) is 1.58. The third kappa shape index (κ3) is 1.50. The van der Waals surface area contributed by atoms with Crippen molar-refractivity contribution >= 4 is 0 Å². The van der Waals surface area contributed by atoms with E-state index in [4.69, 9.17) is 0 Å². The maximum absolute atomic E-state index is 9.63. The largest absolute Gasteiger partial charge is 0.508 e. The number of aryl methyl sites for hydroxylation is 1. The topological polar surface area (TPSA) is 20.2 Å². The van der Waals surface area contributed by atoms with Crippen LogP contribution >= 0.6 is 0 Å². The third-order valence-electron chi connectivity index (χ3n) is 2.29. The van der Waals surface area contributed by atoms with E-state index in [9.17, 15) is 5.11 Å². The number of hydrogen-bond donors (Lipinski definition) is 1. The van der Waals surface area contributed by atoms with Gasteiger partial charge in [0.15, 0.2) is 0 Å². The Morgan fingerprint density at radius 1 is 1.15 bits per heavy atom. The van der Waals surface area contributed by atoms with E-state index in [0.717, 1.165) is 5.56 Å². The summed E-state index contributed by atoms with van der Waals surface area (Å²) in [5, 5.41) is 9.63. The summed E-state index contributed by atoms with van der Waals surface area (Å²) in [5.74, 6) is 0.631. The van der Waals surface area contributed by atoms with Gasteiger partial charge in [0, 0.05) is 11.5 Å². The van der Waals surface area contributed by atoms with E-state index < -0.39 is 0 Å². The van der Waals surface area contributed by atoms with Gasteiger partial charge in [0.1, 0.15) is 5.75 Å². The van der Waals surface area contributed by atoms with Gasteiger partial charge in [-0.25, -0.2) is 0 Å². The lowest BCUT2D eigenvalue weighted by atomic mass is 9.98. The summed E-state index contributed by atoms with van der Waals surface area (Å²) in [7, 11) is 0. The summed E-state index contributed by atoms with van der Waals surface area (Å²) in [6.07, 6.45) is 8.17. The molecule has 13 heavy (non-hydrogen) atoms. The minimum atomic E-state index is 0.250. The summed E-state index contributed by atoms with van der Waals surface area (Å²) < 4.78 is 0. The van der Waals surface area contributed by atoms with Crippen LogP contribution in [0.25, 0.3) is 0 Å². The van der Waals surface area contributed by atoms with Crippen molar-refractivity contribution in [1.29, 1.82) is 0 Å². The van der Waals surface area contributed by atoms with E-state index >= 15 is 0 Å². The summed E-state index contributed by atoms with van der Waals surface area (Å²) in [6.45, 7) is 2.03. The molecule has 0 atom stereocenters. The van der Waals surface area contributed by atoms with Gasteiger partial charge in [0.2, 0.25) is 0 Å². The molecule has 0 saturated heterocycles. The van der Waals surface area contributed by atoms with Crippen molar-refractivity contribution in [2.45, 2.75) is 12.8 Å². The lowest BCUT2D eigenvalue weighted by Gasteiger charge is -2.09. The lowest BCUT2D eigenvalue weighted by molar-refractivity contribution is 0.468. The molecule has 0 unspecified atom stereocenters. The monoisotopic (exact) mass is 172 g/mol. The number of phenols is 1. The summed E-state index contributed by atoms with van der Waals surface area (Å²) >= 11 is 0. The maximum atomic E-state index is 9.63. The fraction of sp³-hybridized carbons (Fsp3) is 0.167. The molecule has 0 aliphatic heterocycles. The second-order valence-electron chi connectivity index (χ2n) is 3.36. The highest BCUT2D eigenvalue weighted by Crippen LogP contribution is 2.30. The Morgan fingerprint density at radius 2 is 1.85 bits per heavy atom. The Kier molecular flexibility index (Phi) is 1.93. The van der Waals surface area contributed by atoms with Crippen LogP contribution in [0.15, 0.2) is 42.5 Å². The Labute approximate surface area is 78.0 Å². The molecule has 0 fully saturated rings. The first-order chi connectivity index (χ1) is 6.27. The zero-order valence-electron chi connectivity index (χ0n) is 7.57. The molecule has 1 heteroatoms. The van der Waals surface area contributed by atoms with E-state index in [0.29, 0.717) is 5.75 Å². The standard InChI is InChI=1S/C12H12O/c1-9-6-7-12(13)11(8-9)10-4-2-3-5-10/h2-8,10,13H,1H3.